The van der Waals surface area contributed by atoms with Crippen molar-refractivity contribution in [3.05, 3.63) is 34.9 Å². The minimum absolute atomic E-state index is 0.0159. The number of morpholine rings is 1. The second kappa shape index (κ2) is 6.91. The second-order valence-electron chi connectivity index (χ2n) is 8.65. The van der Waals surface area contributed by atoms with Crippen LogP contribution in [0.4, 0.5) is 18.0 Å². The largest absolute Gasteiger partial charge is 0.444 e. The molecule has 2 bridgehead atoms. The molecule has 0 spiro atoms. The van der Waals surface area contributed by atoms with Crippen LogP contribution in [0.2, 0.25) is 0 Å². The standard InChI is InChI=1S/C20H26F3NO4/c1-12-15(6-5-7-16(12)20(21,22)23)19(26)8-13-10-27-11-14(9-19)24(13)17(25)28-18(2,3)4/h5-7,13-14,26H,8-11H2,1-4H3. The SMILES string of the molecule is Cc1c(C(F)(F)F)cccc1C1(O)CC2COCC(C1)N2C(=O)OC(C)(C)C. The van der Waals surface area contributed by atoms with E-state index in [2.05, 4.69) is 0 Å². The second-order valence-corrected chi connectivity index (χ2v) is 8.65. The van der Waals surface area contributed by atoms with Gasteiger partial charge in [0, 0.05) is 12.8 Å². The van der Waals surface area contributed by atoms with Gasteiger partial charge in [0.05, 0.1) is 36.5 Å². The molecule has 3 rings (SSSR count). The van der Waals surface area contributed by atoms with Gasteiger partial charge in [-0.25, -0.2) is 4.79 Å². The number of hydrogen-bond donors (Lipinski definition) is 1. The van der Waals surface area contributed by atoms with Crippen LogP contribution in [0.1, 0.15) is 50.3 Å². The van der Waals surface area contributed by atoms with Crippen LogP contribution in [-0.4, -0.2) is 47.0 Å². The number of benzene rings is 1. The van der Waals surface area contributed by atoms with Gasteiger partial charge in [0.1, 0.15) is 5.60 Å². The number of rotatable bonds is 1. The highest BCUT2D eigenvalue weighted by molar-refractivity contribution is 5.69. The van der Waals surface area contributed by atoms with Crippen molar-refractivity contribution >= 4 is 6.09 Å². The molecule has 1 aromatic rings. The maximum absolute atomic E-state index is 13.3. The molecule has 2 aliphatic rings. The van der Waals surface area contributed by atoms with Gasteiger partial charge in [0.2, 0.25) is 0 Å². The number of fused-ring (bicyclic) bond motifs is 2. The minimum Gasteiger partial charge on any atom is -0.444 e. The van der Waals surface area contributed by atoms with Crippen LogP contribution in [0.15, 0.2) is 18.2 Å². The lowest BCUT2D eigenvalue weighted by Crippen LogP contribution is -2.63. The summed E-state index contributed by atoms with van der Waals surface area (Å²) in [7, 11) is 0. The summed E-state index contributed by atoms with van der Waals surface area (Å²) in [5.41, 5.74) is -2.62. The molecule has 5 nitrogen and oxygen atoms in total. The predicted molar refractivity (Wildman–Crippen MR) is 95.8 cm³/mol. The molecule has 0 radical (unpaired) electrons. The number of carbonyl (C=O) groups is 1. The van der Waals surface area contributed by atoms with Crippen molar-refractivity contribution in [2.45, 2.75) is 70.0 Å². The number of ether oxygens (including phenoxy) is 2. The van der Waals surface area contributed by atoms with Crippen molar-refractivity contribution in [2.75, 3.05) is 13.2 Å². The van der Waals surface area contributed by atoms with E-state index in [4.69, 9.17) is 9.47 Å². The lowest BCUT2D eigenvalue weighted by Gasteiger charge is -2.51. The summed E-state index contributed by atoms with van der Waals surface area (Å²) < 4.78 is 50.9. The summed E-state index contributed by atoms with van der Waals surface area (Å²) in [5, 5.41) is 11.3. The van der Waals surface area contributed by atoms with Gasteiger partial charge < -0.3 is 14.6 Å². The summed E-state index contributed by atoms with van der Waals surface area (Å²) in [6, 6.07) is 2.92. The number of amides is 1. The number of piperidine rings is 1. The van der Waals surface area contributed by atoms with Crippen molar-refractivity contribution in [3.63, 3.8) is 0 Å². The molecule has 156 valence electrons. The number of nitrogens with zero attached hydrogens (tertiary/aromatic N) is 1. The van der Waals surface area contributed by atoms with Crippen LogP contribution in [0.3, 0.4) is 0 Å². The van der Waals surface area contributed by atoms with Crippen molar-refractivity contribution in [3.8, 4) is 0 Å². The van der Waals surface area contributed by atoms with E-state index in [1.165, 1.54) is 19.1 Å². The van der Waals surface area contributed by atoms with E-state index >= 15 is 0 Å². The van der Waals surface area contributed by atoms with Crippen molar-refractivity contribution < 1.29 is 32.5 Å². The number of hydrogen-bond acceptors (Lipinski definition) is 4. The fourth-order valence-electron chi connectivity index (χ4n) is 4.26. The molecule has 2 fully saturated rings. The molecular formula is C20H26F3NO4. The first-order valence-corrected chi connectivity index (χ1v) is 9.30. The molecule has 8 heteroatoms. The molecule has 0 aliphatic carbocycles. The average Bonchev–Trinajstić information content (AvgIpc) is 2.51. The van der Waals surface area contributed by atoms with E-state index in [9.17, 15) is 23.1 Å². The van der Waals surface area contributed by atoms with E-state index in [0.29, 0.717) is 0 Å². The Balaban J connectivity index is 1.92. The van der Waals surface area contributed by atoms with Crippen LogP contribution < -0.4 is 0 Å². The molecular weight excluding hydrogens is 375 g/mol. The average molecular weight is 401 g/mol. The first kappa shape index (κ1) is 20.9. The van der Waals surface area contributed by atoms with Crippen molar-refractivity contribution in [1.29, 1.82) is 0 Å². The van der Waals surface area contributed by atoms with Crippen LogP contribution in [0.25, 0.3) is 0 Å². The number of halogens is 3. The molecule has 1 aromatic carbocycles. The zero-order valence-corrected chi connectivity index (χ0v) is 16.5. The van der Waals surface area contributed by atoms with Gasteiger partial charge in [0.15, 0.2) is 0 Å². The smallest absolute Gasteiger partial charge is 0.416 e. The molecule has 0 aromatic heterocycles. The van der Waals surface area contributed by atoms with Gasteiger partial charge in [-0.2, -0.15) is 13.2 Å². The summed E-state index contributed by atoms with van der Waals surface area (Å²) in [6.07, 6.45) is -4.81. The topological polar surface area (TPSA) is 59.0 Å². The highest BCUT2D eigenvalue weighted by atomic mass is 19.4. The number of aliphatic hydroxyl groups is 1. The fraction of sp³-hybridized carbons (Fsp3) is 0.650. The number of carbonyl (C=O) groups excluding carboxylic acids is 1. The summed E-state index contributed by atoms with van der Waals surface area (Å²) in [4.78, 5) is 14.2. The number of alkyl halides is 3. The Hall–Kier alpha value is -1.80. The van der Waals surface area contributed by atoms with E-state index in [0.717, 1.165) is 6.07 Å². The molecule has 2 saturated heterocycles. The maximum Gasteiger partial charge on any atom is 0.416 e. The Morgan fingerprint density at radius 3 is 2.29 bits per heavy atom. The van der Waals surface area contributed by atoms with Gasteiger partial charge in [-0.3, -0.25) is 4.90 Å². The highest BCUT2D eigenvalue weighted by Gasteiger charge is 2.50. The zero-order valence-electron chi connectivity index (χ0n) is 16.5. The third-order valence-corrected chi connectivity index (χ3v) is 5.30. The van der Waals surface area contributed by atoms with Crippen molar-refractivity contribution in [2.24, 2.45) is 0 Å². The van der Waals surface area contributed by atoms with Gasteiger partial charge in [-0.1, -0.05) is 12.1 Å². The highest BCUT2D eigenvalue weighted by Crippen LogP contribution is 2.44. The quantitative estimate of drug-likeness (QED) is 0.773. The third-order valence-electron chi connectivity index (χ3n) is 5.30. The Morgan fingerprint density at radius 1 is 1.21 bits per heavy atom. The first-order valence-electron chi connectivity index (χ1n) is 9.30. The van der Waals surface area contributed by atoms with Gasteiger partial charge in [-0.05, 0) is 44.9 Å². The molecule has 2 heterocycles. The monoisotopic (exact) mass is 401 g/mol. The van der Waals surface area contributed by atoms with Crippen LogP contribution >= 0.6 is 0 Å². The van der Waals surface area contributed by atoms with Crippen LogP contribution in [-0.2, 0) is 21.3 Å². The minimum atomic E-state index is -4.49. The first-order chi connectivity index (χ1) is 12.8. The fourth-order valence-corrected chi connectivity index (χ4v) is 4.26. The lowest BCUT2D eigenvalue weighted by molar-refractivity contribution is -0.143. The Morgan fingerprint density at radius 2 is 1.79 bits per heavy atom. The van der Waals surface area contributed by atoms with E-state index in [-0.39, 0.29) is 37.2 Å². The normalized spacial score (nSPS) is 28.2. The molecule has 1 N–H and O–H groups in total. The molecule has 28 heavy (non-hydrogen) atoms. The molecule has 0 saturated carbocycles. The zero-order chi connectivity index (χ0) is 20.9. The third kappa shape index (κ3) is 3.98. The van der Waals surface area contributed by atoms with Crippen LogP contribution in [0.5, 0.6) is 0 Å². The van der Waals surface area contributed by atoms with Gasteiger partial charge in [-0.15, -0.1) is 0 Å². The van der Waals surface area contributed by atoms with E-state index < -0.39 is 41.1 Å². The van der Waals surface area contributed by atoms with E-state index in [1.54, 1.807) is 25.7 Å². The summed E-state index contributed by atoms with van der Waals surface area (Å²) in [5.74, 6) is 0. The van der Waals surface area contributed by atoms with Gasteiger partial charge in [0.25, 0.3) is 0 Å². The summed E-state index contributed by atoms with van der Waals surface area (Å²) >= 11 is 0. The maximum atomic E-state index is 13.3. The summed E-state index contributed by atoms with van der Waals surface area (Å²) in [6.45, 7) is 7.09. The predicted octanol–water partition coefficient (Wildman–Crippen LogP) is 4.00. The Bertz CT molecular complexity index is 743. The molecule has 1 amide bonds. The van der Waals surface area contributed by atoms with Crippen molar-refractivity contribution in [1.82, 2.24) is 4.90 Å². The molecule has 2 unspecified atom stereocenters. The lowest BCUT2D eigenvalue weighted by atomic mass is 9.75. The van der Waals surface area contributed by atoms with Gasteiger partial charge >= 0.3 is 12.3 Å². The molecule has 2 atom stereocenters. The molecule has 2 aliphatic heterocycles. The van der Waals surface area contributed by atoms with E-state index in [1.807, 2.05) is 0 Å². The Labute approximate surface area is 162 Å². The Kier molecular flexibility index (Phi) is 5.17. The van der Waals surface area contributed by atoms with Crippen LogP contribution in [0, 0.1) is 6.92 Å².